The fraction of sp³-hybridized carbons (Fsp3) is 0.118. The van der Waals surface area contributed by atoms with Crippen LogP contribution in [0.25, 0.3) is 16.2 Å². The van der Waals surface area contributed by atoms with E-state index in [1.165, 1.54) is 22.7 Å². The molecule has 4 aromatic heterocycles. The van der Waals surface area contributed by atoms with Crippen LogP contribution in [0.3, 0.4) is 0 Å². The van der Waals surface area contributed by atoms with Crippen LogP contribution in [0.4, 0.5) is 5.95 Å². The summed E-state index contributed by atoms with van der Waals surface area (Å²) in [6.07, 6.45) is 0. The summed E-state index contributed by atoms with van der Waals surface area (Å²) in [5.74, 6) is 0.546. The van der Waals surface area contributed by atoms with E-state index in [2.05, 4.69) is 15.4 Å². The van der Waals surface area contributed by atoms with Crippen LogP contribution in [0.15, 0.2) is 36.4 Å². The first-order valence-electron chi connectivity index (χ1n) is 7.62. The molecule has 0 fully saturated rings. The van der Waals surface area contributed by atoms with Crippen LogP contribution in [-0.2, 0) is 0 Å². The molecule has 0 aliphatic rings. The summed E-state index contributed by atoms with van der Waals surface area (Å²) >= 11 is 8.92. The molecule has 0 radical (unpaired) electrons. The van der Waals surface area contributed by atoms with Gasteiger partial charge in [-0.05, 0) is 43.3 Å². The molecule has 1 amide bonds. The first-order valence-corrected chi connectivity index (χ1v) is 9.63. The van der Waals surface area contributed by atoms with Crippen molar-refractivity contribution >= 4 is 51.8 Å². The number of hydrogen-bond donors (Lipinski definition) is 1. The smallest absolute Gasteiger partial charge is 0.268 e. The van der Waals surface area contributed by atoms with Crippen molar-refractivity contribution < 1.29 is 9.53 Å². The molecule has 0 atom stereocenters. The molecule has 0 saturated carbocycles. The highest BCUT2D eigenvalue weighted by Crippen LogP contribution is 2.33. The Labute approximate surface area is 162 Å². The maximum absolute atomic E-state index is 12.4. The number of methoxy groups -OCH3 is 1. The number of nitrogens with zero attached hydrogens (tertiary/aromatic N) is 3. The van der Waals surface area contributed by atoms with Crippen molar-refractivity contribution in [2.45, 2.75) is 6.92 Å². The zero-order valence-corrected chi connectivity index (χ0v) is 16.2. The number of carbonyl (C=O) groups excluding carboxylic acids is 1. The number of thiophene rings is 2. The van der Waals surface area contributed by atoms with Gasteiger partial charge < -0.3 is 4.74 Å². The number of aryl methyl sites for hydroxylation is 1. The number of fused-ring (bicyclic) bond motifs is 1. The molecule has 0 aromatic carbocycles. The van der Waals surface area contributed by atoms with Gasteiger partial charge in [0, 0.05) is 4.88 Å². The van der Waals surface area contributed by atoms with Gasteiger partial charge in [-0.25, -0.2) is 4.52 Å². The second-order valence-electron chi connectivity index (χ2n) is 5.43. The highest BCUT2D eigenvalue weighted by Gasteiger charge is 2.17. The van der Waals surface area contributed by atoms with Gasteiger partial charge in [0.1, 0.15) is 0 Å². The van der Waals surface area contributed by atoms with Crippen molar-refractivity contribution in [2.75, 3.05) is 12.4 Å². The van der Waals surface area contributed by atoms with Gasteiger partial charge in [-0.15, -0.1) is 27.8 Å². The average molecular weight is 405 g/mol. The van der Waals surface area contributed by atoms with Crippen LogP contribution >= 0.6 is 34.3 Å². The van der Waals surface area contributed by atoms with Gasteiger partial charge in [-0.1, -0.05) is 11.6 Å². The molecule has 26 heavy (non-hydrogen) atoms. The third-order valence-electron chi connectivity index (χ3n) is 3.68. The van der Waals surface area contributed by atoms with Gasteiger partial charge in [0.2, 0.25) is 5.95 Å². The van der Waals surface area contributed by atoms with Gasteiger partial charge in [-0.2, -0.15) is 4.98 Å². The molecule has 0 spiro atoms. The number of pyridine rings is 1. The lowest BCUT2D eigenvalue weighted by atomic mass is 10.3. The summed E-state index contributed by atoms with van der Waals surface area (Å²) in [4.78, 5) is 19.4. The second-order valence-corrected chi connectivity index (χ2v) is 8.43. The van der Waals surface area contributed by atoms with Crippen molar-refractivity contribution in [3.63, 3.8) is 0 Å². The maximum Gasteiger partial charge on any atom is 0.268 e. The molecular formula is C17H13ClN4O2S2. The average Bonchev–Trinajstić information content (AvgIpc) is 3.33. The molecule has 4 heterocycles. The lowest BCUT2D eigenvalue weighted by Gasteiger charge is -2.05. The summed E-state index contributed by atoms with van der Waals surface area (Å²) in [7, 11) is 1.57. The molecule has 0 aliphatic heterocycles. The van der Waals surface area contributed by atoms with E-state index >= 15 is 0 Å². The van der Waals surface area contributed by atoms with E-state index in [-0.39, 0.29) is 11.9 Å². The molecule has 1 N–H and O–H groups in total. The van der Waals surface area contributed by atoms with Crippen molar-refractivity contribution in [3.05, 3.63) is 50.5 Å². The highest BCUT2D eigenvalue weighted by atomic mass is 35.5. The number of amides is 1. The second kappa shape index (κ2) is 6.71. The topological polar surface area (TPSA) is 68.5 Å². The van der Waals surface area contributed by atoms with Crippen LogP contribution in [-0.4, -0.2) is 27.6 Å². The van der Waals surface area contributed by atoms with Crippen LogP contribution < -0.4 is 10.1 Å². The van der Waals surface area contributed by atoms with E-state index in [4.69, 9.17) is 16.3 Å². The summed E-state index contributed by atoms with van der Waals surface area (Å²) in [6, 6.07) is 11.1. The van der Waals surface area contributed by atoms with E-state index < -0.39 is 0 Å². The Morgan fingerprint density at radius 1 is 1.19 bits per heavy atom. The fourth-order valence-electron chi connectivity index (χ4n) is 2.51. The number of ether oxygens (including phenoxy) is 1. The van der Waals surface area contributed by atoms with Gasteiger partial charge in [0.25, 0.3) is 5.91 Å². The Morgan fingerprint density at radius 2 is 2.04 bits per heavy atom. The minimum Gasteiger partial charge on any atom is -0.493 e. The van der Waals surface area contributed by atoms with Gasteiger partial charge in [0.15, 0.2) is 11.4 Å². The monoisotopic (exact) mass is 404 g/mol. The maximum atomic E-state index is 12.4. The van der Waals surface area contributed by atoms with Crippen LogP contribution in [0.5, 0.6) is 5.75 Å². The molecule has 0 aliphatic carbocycles. The Bertz CT molecular complexity index is 1120. The quantitative estimate of drug-likeness (QED) is 0.533. The third-order valence-corrected chi connectivity index (χ3v) is 5.94. The molecular weight excluding hydrogens is 392 g/mol. The highest BCUT2D eigenvalue weighted by molar-refractivity contribution is 7.19. The number of anilines is 1. The summed E-state index contributed by atoms with van der Waals surface area (Å²) < 4.78 is 7.71. The lowest BCUT2D eigenvalue weighted by Crippen LogP contribution is -2.11. The van der Waals surface area contributed by atoms with E-state index in [0.717, 1.165) is 15.4 Å². The van der Waals surface area contributed by atoms with Crippen molar-refractivity contribution in [2.24, 2.45) is 0 Å². The molecule has 6 nitrogen and oxygen atoms in total. The van der Waals surface area contributed by atoms with Gasteiger partial charge in [0.05, 0.1) is 26.9 Å². The lowest BCUT2D eigenvalue weighted by molar-refractivity contribution is 0.102. The number of aromatic nitrogens is 3. The molecule has 9 heteroatoms. The molecule has 4 rings (SSSR count). The largest absolute Gasteiger partial charge is 0.493 e. The SMILES string of the molecule is COc1ccc(-c2ccc(Cl)s2)n2nc(NC(=O)c3ccc(C)s3)nc12. The first kappa shape index (κ1) is 17.0. The first-order chi connectivity index (χ1) is 12.5. The Hall–Kier alpha value is -2.42. The Kier molecular flexibility index (Phi) is 4.39. The van der Waals surface area contributed by atoms with Gasteiger partial charge >= 0.3 is 0 Å². The van der Waals surface area contributed by atoms with Gasteiger partial charge in [-0.3, -0.25) is 10.1 Å². The van der Waals surface area contributed by atoms with Crippen LogP contribution in [0.2, 0.25) is 4.34 Å². The molecule has 132 valence electrons. The van der Waals surface area contributed by atoms with E-state index in [1.807, 2.05) is 37.3 Å². The minimum absolute atomic E-state index is 0.217. The van der Waals surface area contributed by atoms with Crippen LogP contribution in [0.1, 0.15) is 14.5 Å². The number of rotatable bonds is 4. The minimum atomic E-state index is -0.237. The third kappa shape index (κ3) is 3.07. The number of carbonyl (C=O) groups is 1. The predicted molar refractivity (Wildman–Crippen MR) is 105 cm³/mol. The Balaban J connectivity index is 1.76. The fourth-order valence-corrected chi connectivity index (χ4v) is 4.33. The number of nitrogens with one attached hydrogen (secondary N) is 1. The zero-order chi connectivity index (χ0) is 18.3. The summed E-state index contributed by atoms with van der Waals surface area (Å²) in [5.41, 5.74) is 1.34. The normalized spacial score (nSPS) is 11.0. The van der Waals surface area contributed by atoms with Crippen molar-refractivity contribution in [1.82, 2.24) is 14.6 Å². The zero-order valence-electron chi connectivity index (χ0n) is 13.8. The molecule has 0 bridgehead atoms. The number of hydrogen-bond acceptors (Lipinski definition) is 6. The molecule has 0 saturated heterocycles. The van der Waals surface area contributed by atoms with Crippen molar-refractivity contribution in [1.29, 1.82) is 0 Å². The van der Waals surface area contributed by atoms with Crippen molar-refractivity contribution in [3.8, 4) is 16.3 Å². The molecule has 4 aromatic rings. The van der Waals surface area contributed by atoms with E-state index in [1.54, 1.807) is 17.7 Å². The summed E-state index contributed by atoms with van der Waals surface area (Å²) in [5, 5.41) is 7.19. The summed E-state index contributed by atoms with van der Waals surface area (Å²) in [6.45, 7) is 1.95. The van der Waals surface area contributed by atoms with E-state index in [0.29, 0.717) is 20.6 Å². The predicted octanol–water partition coefficient (Wildman–Crippen LogP) is 4.74. The molecule has 0 unspecified atom stereocenters. The van der Waals surface area contributed by atoms with Crippen LogP contribution in [0, 0.1) is 6.92 Å². The van der Waals surface area contributed by atoms with E-state index in [9.17, 15) is 4.79 Å². The number of halogens is 1. The Morgan fingerprint density at radius 3 is 2.69 bits per heavy atom. The standard InChI is InChI=1S/C17H13ClN4O2S2/c1-9-3-6-13(25-9)16(23)20-17-19-15-11(24-2)5-4-10(22(15)21-17)12-7-8-14(18)26-12/h3-8H,1-2H3,(H,20,21,23).